The van der Waals surface area contributed by atoms with E-state index in [1.54, 1.807) is 6.20 Å². The monoisotopic (exact) mass is 517 g/mol. The molecule has 0 aliphatic rings. The van der Waals surface area contributed by atoms with Gasteiger partial charge in [0.25, 0.3) is 0 Å². The summed E-state index contributed by atoms with van der Waals surface area (Å²) < 4.78 is 2.07. The Morgan fingerprint density at radius 2 is 1.77 bits per heavy atom. The van der Waals surface area contributed by atoms with E-state index in [0.717, 1.165) is 31.9 Å². The molecule has 2 aromatic carbocycles. The molecule has 0 bridgehead atoms. The van der Waals surface area contributed by atoms with Gasteiger partial charge in [-0.05, 0) is 43.4 Å². The molecule has 0 aliphatic heterocycles. The number of benzene rings is 2. The lowest BCUT2D eigenvalue weighted by Gasteiger charge is -2.18. The van der Waals surface area contributed by atoms with Crippen molar-refractivity contribution in [1.29, 1.82) is 0 Å². The van der Waals surface area contributed by atoms with Crippen LogP contribution in [0.15, 0.2) is 78.3 Å². The summed E-state index contributed by atoms with van der Waals surface area (Å²) in [5.41, 5.74) is 3.84. The van der Waals surface area contributed by atoms with Crippen LogP contribution in [0.5, 0.6) is 0 Å². The first-order valence-corrected chi connectivity index (χ1v) is 10.3. The van der Waals surface area contributed by atoms with E-state index in [2.05, 4.69) is 88.6 Å². The van der Waals surface area contributed by atoms with Crippen LogP contribution in [0.3, 0.4) is 0 Å². The minimum Gasteiger partial charge on any atom is -0.357 e. The maximum absolute atomic E-state index is 4.76. The van der Waals surface area contributed by atoms with Gasteiger partial charge in [-0.15, -0.1) is 24.0 Å². The highest BCUT2D eigenvalue weighted by atomic mass is 127. The SMILES string of the molecule is CCNC(=NCc1ccc(Cn2ccnc2)cc1)NC(C)CCc1ccccc1.I. The topological polar surface area (TPSA) is 54.2 Å². The first-order chi connectivity index (χ1) is 14.2. The first-order valence-electron chi connectivity index (χ1n) is 10.3. The van der Waals surface area contributed by atoms with E-state index in [-0.39, 0.29) is 24.0 Å². The van der Waals surface area contributed by atoms with Crippen LogP contribution in [0.4, 0.5) is 0 Å². The third-order valence-electron chi connectivity index (χ3n) is 4.80. The summed E-state index contributed by atoms with van der Waals surface area (Å²) >= 11 is 0. The van der Waals surface area contributed by atoms with Crippen LogP contribution in [0, 0.1) is 0 Å². The second-order valence-electron chi connectivity index (χ2n) is 7.32. The molecule has 0 saturated carbocycles. The Morgan fingerprint density at radius 1 is 1.03 bits per heavy atom. The minimum atomic E-state index is 0. The molecule has 1 heterocycles. The van der Waals surface area contributed by atoms with Gasteiger partial charge in [0.2, 0.25) is 0 Å². The molecule has 1 atom stereocenters. The molecule has 3 aromatic rings. The van der Waals surface area contributed by atoms with E-state index < -0.39 is 0 Å². The summed E-state index contributed by atoms with van der Waals surface area (Å²) in [5, 5.41) is 6.88. The van der Waals surface area contributed by atoms with Crippen LogP contribution in [0.2, 0.25) is 0 Å². The zero-order valence-electron chi connectivity index (χ0n) is 17.8. The molecule has 0 spiro atoms. The van der Waals surface area contributed by atoms with Gasteiger partial charge in [-0.2, -0.15) is 0 Å². The number of nitrogens with one attached hydrogen (secondary N) is 2. The van der Waals surface area contributed by atoms with Crippen molar-refractivity contribution in [3.8, 4) is 0 Å². The zero-order valence-corrected chi connectivity index (χ0v) is 20.1. The Labute approximate surface area is 197 Å². The maximum atomic E-state index is 4.76. The molecule has 1 unspecified atom stereocenters. The van der Waals surface area contributed by atoms with Crippen molar-refractivity contribution < 1.29 is 0 Å². The van der Waals surface area contributed by atoms with Crippen LogP contribution < -0.4 is 10.6 Å². The Kier molecular flexibility index (Phi) is 10.4. The van der Waals surface area contributed by atoms with Crippen molar-refractivity contribution in [2.75, 3.05) is 6.54 Å². The predicted octanol–water partition coefficient (Wildman–Crippen LogP) is 4.63. The first kappa shape index (κ1) is 23.9. The molecule has 30 heavy (non-hydrogen) atoms. The average Bonchev–Trinajstić information content (AvgIpc) is 3.25. The van der Waals surface area contributed by atoms with E-state index in [9.17, 15) is 0 Å². The fourth-order valence-corrected chi connectivity index (χ4v) is 3.16. The molecule has 0 aliphatic carbocycles. The number of aryl methyl sites for hydroxylation is 1. The highest BCUT2D eigenvalue weighted by Crippen LogP contribution is 2.08. The lowest BCUT2D eigenvalue weighted by Crippen LogP contribution is -2.42. The molecule has 160 valence electrons. The van der Waals surface area contributed by atoms with Gasteiger partial charge in [0.15, 0.2) is 5.96 Å². The van der Waals surface area contributed by atoms with Crippen LogP contribution in [-0.4, -0.2) is 28.1 Å². The van der Waals surface area contributed by atoms with Crippen LogP contribution in [0.25, 0.3) is 0 Å². The van der Waals surface area contributed by atoms with Crippen molar-refractivity contribution in [3.05, 3.63) is 90.0 Å². The summed E-state index contributed by atoms with van der Waals surface area (Å²) in [5.74, 6) is 0.871. The maximum Gasteiger partial charge on any atom is 0.191 e. The Hall–Kier alpha value is -2.35. The van der Waals surface area contributed by atoms with Crippen molar-refractivity contribution in [1.82, 2.24) is 20.2 Å². The minimum absolute atomic E-state index is 0. The van der Waals surface area contributed by atoms with E-state index in [1.807, 2.05) is 12.5 Å². The number of hydrogen-bond donors (Lipinski definition) is 2. The molecule has 6 heteroatoms. The summed E-state index contributed by atoms with van der Waals surface area (Å²) in [7, 11) is 0. The van der Waals surface area contributed by atoms with Crippen LogP contribution in [0.1, 0.15) is 37.0 Å². The lowest BCUT2D eigenvalue weighted by atomic mass is 10.1. The van der Waals surface area contributed by atoms with Gasteiger partial charge in [-0.25, -0.2) is 9.98 Å². The zero-order chi connectivity index (χ0) is 20.3. The van der Waals surface area contributed by atoms with E-state index in [1.165, 1.54) is 16.7 Å². The average molecular weight is 517 g/mol. The summed E-state index contributed by atoms with van der Waals surface area (Å²) in [4.78, 5) is 8.85. The number of guanidine groups is 1. The van der Waals surface area contributed by atoms with Gasteiger partial charge in [0, 0.05) is 31.5 Å². The fraction of sp³-hybridized carbons (Fsp3) is 0.333. The Balaban J connectivity index is 0.00000320. The predicted molar refractivity (Wildman–Crippen MR) is 135 cm³/mol. The fourth-order valence-electron chi connectivity index (χ4n) is 3.16. The van der Waals surface area contributed by atoms with Gasteiger partial charge < -0.3 is 15.2 Å². The molecular weight excluding hydrogens is 485 g/mol. The lowest BCUT2D eigenvalue weighted by molar-refractivity contribution is 0.593. The van der Waals surface area contributed by atoms with Crippen LogP contribution >= 0.6 is 24.0 Å². The standard InChI is InChI=1S/C24H31N5.HI/c1-3-26-24(28-20(2)9-10-21-7-5-4-6-8-21)27-17-22-11-13-23(14-12-22)18-29-16-15-25-19-29;/h4-8,11-16,19-20H,3,9-10,17-18H2,1-2H3,(H2,26,27,28);1H. The quantitative estimate of drug-likeness (QED) is 0.247. The highest BCUT2D eigenvalue weighted by Gasteiger charge is 2.06. The van der Waals surface area contributed by atoms with Gasteiger partial charge in [-0.1, -0.05) is 54.6 Å². The third-order valence-corrected chi connectivity index (χ3v) is 4.80. The molecule has 1 aromatic heterocycles. The molecule has 5 nitrogen and oxygen atoms in total. The molecule has 3 rings (SSSR count). The summed E-state index contributed by atoms with van der Waals surface area (Å²) in [6.45, 7) is 6.65. The second-order valence-corrected chi connectivity index (χ2v) is 7.32. The van der Waals surface area contributed by atoms with Crippen molar-refractivity contribution >= 4 is 29.9 Å². The molecular formula is C24H32IN5. The van der Waals surface area contributed by atoms with Gasteiger partial charge in [0.1, 0.15) is 0 Å². The van der Waals surface area contributed by atoms with Gasteiger partial charge in [-0.3, -0.25) is 0 Å². The molecule has 0 fully saturated rings. The largest absolute Gasteiger partial charge is 0.357 e. The second kappa shape index (κ2) is 13.1. The highest BCUT2D eigenvalue weighted by molar-refractivity contribution is 14.0. The smallest absolute Gasteiger partial charge is 0.191 e. The summed E-state index contributed by atoms with van der Waals surface area (Å²) in [6.07, 6.45) is 7.75. The number of aromatic nitrogens is 2. The molecule has 0 radical (unpaired) electrons. The number of hydrogen-bond acceptors (Lipinski definition) is 2. The number of aliphatic imine (C=N–C) groups is 1. The van der Waals surface area contributed by atoms with Gasteiger partial charge >= 0.3 is 0 Å². The van der Waals surface area contributed by atoms with Gasteiger partial charge in [0.05, 0.1) is 12.9 Å². The normalized spacial score (nSPS) is 12.1. The Morgan fingerprint density at radius 3 is 2.43 bits per heavy atom. The summed E-state index contributed by atoms with van der Waals surface area (Å²) in [6, 6.07) is 19.6. The Bertz CT molecular complexity index is 860. The number of nitrogens with zero attached hydrogens (tertiary/aromatic N) is 3. The van der Waals surface area contributed by atoms with E-state index >= 15 is 0 Å². The van der Waals surface area contributed by atoms with E-state index in [0.29, 0.717) is 12.6 Å². The van der Waals surface area contributed by atoms with Crippen molar-refractivity contribution in [2.24, 2.45) is 4.99 Å². The number of halogens is 1. The molecule has 0 amide bonds. The van der Waals surface area contributed by atoms with Crippen molar-refractivity contribution in [3.63, 3.8) is 0 Å². The van der Waals surface area contributed by atoms with Crippen molar-refractivity contribution in [2.45, 2.75) is 45.8 Å². The van der Waals surface area contributed by atoms with E-state index in [4.69, 9.17) is 4.99 Å². The number of imidazole rings is 1. The molecule has 0 saturated heterocycles. The van der Waals surface area contributed by atoms with Crippen LogP contribution in [-0.2, 0) is 19.5 Å². The molecule has 2 N–H and O–H groups in total. The number of rotatable bonds is 9. The third kappa shape index (κ3) is 8.18.